The maximum absolute atomic E-state index is 5.77. The number of nitrogens with one attached hydrogen (secondary N) is 1. The summed E-state index contributed by atoms with van der Waals surface area (Å²) in [4.78, 5) is 0. The van der Waals surface area contributed by atoms with Gasteiger partial charge in [0, 0.05) is 6.54 Å². The van der Waals surface area contributed by atoms with Gasteiger partial charge in [0.05, 0.1) is 13.2 Å². The first-order valence-corrected chi connectivity index (χ1v) is 7.78. The third kappa shape index (κ3) is 7.17. The molecule has 2 atom stereocenters. The highest BCUT2D eigenvalue weighted by Gasteiger charge is 2.17. The van der Waals surface area contributed by atoms with E-state index in [-0.39, 0.29) is 0 Å². The minimum absolute atomic E-state index is 0.736. The Morgan fingerprint density at radius 2 is 1.94 bits per heavy atom. The number of allylic oxidation sites excluding steroid dienone is 2. The molecule has 2 heteroatoms. The molecule has 1 aliphatic carbocycles. The maximum Gasteiger partial charge on any atom is 0.0591 e. The third-order valence-corrected chi connectivity index (χ3v) is 3.88. The second kappa shape index (κ2) is 10.6. The average Bonchev–Trinajstić information content (AvgIpc) is 2.39. The molecule has 0 aromatic carbocycles. The van der Waals surface area contributed by atoms with Crippen LogP contribution in [0.3, 0.4) is 0 Å². The lowest BCUT2D eigenvalue weighted by atomic mass is 9.85. The van der Waals surface area contributed by atoms with Crippen LogP contribution in [0.4, 0.5) is 0 Å². The lowest BCUT2D eigenvalue weighted by Crippen LogP contribution is -2.24. The van der Waals surface area contributed by atoms with Gasteiger partial charge in [-0.2, -0.15) is 0 Å². The van der Waals surface area contributed by atoms with Crippen LogP contribution in [0.25, 0.3) is 0 Å². The van der Waals surface area contributed by atoms with Crippen molar-refractivity contribution >= 4 is 0 Å². The highest BCUT2D eigenvalue weighted by Crippen LogP contribution is 2.24. The van der Waals surface area contributed by atoms with Crippen LogP contribution in [0, 0.1) is 11.8 Å². The van der Waals surface area contributed by atoms with Crippen molar-refractivity contribution in [3.63, 3.8) is 0 Å². The summed E-state index contributed by atoms with van der Waals surface area (Å²) >= 11 is 0. The second-order valence-corrected chi connectivity index (χ2v) is 5.57. The van der Waals surface area contributed by atoms with Gasteiger partial charge in [-0.3, -0.25) is 0 Å². The van der Waals surface area contributed by atoms with Crippen molar-refractivity contribution < 1.29 is 4.74 Å². The lowest BCUT2D eigenvalue weighted by molar-refractivity contribution is 0.0809. The van der Waals surface area contributed by atoms with E-state index >= 15 is 0 Å². The normalized spacial score (nSPS) is 23.4. The van der Waals surface area contributed by atoms with E-state index in [4.69, 9.17) is 4.74 Å². The van der Waals surface area contributed by atoms with Gasteiger partial charge in [0.2, 0.25) is 0 Å². The molecular formula is C16H31NO. The zero-order valence-corrected chi connectivity index (χ0v) is 12.3. The van der Waals surface area contributed by atoms with E-state index in [1.807, 2.05) is 0 Å². The van der Waals surface area contributed by atoms with E-state index in [2.05, 4.69) is 31.3 Å². The SMILES string of the molecule is CCCCCCNCCOCC1CC=CCC1C. The molecule has 0 aromatic heterocycles. The van der Waals surface area contributed by atoms with Crippen molar-refractivity contribution in [1.29, 1.82) is 0 Å². The van der Waals surface area contributed by atoms with Gasteiger partial charge in [0.25, 0.3) is 0 Å². The molecule has 0 spiro atoms. The molecule has 0 saturated heterocycles. The van der Waals surface area contributed by atoms with Crippen LogP contribution in [0.1, 0.15) is 52.4 Å². The van der Waals surface area contributed by atoms with Crippen LogP contribution in [0.15, 0.2) is 12.2 Å². The first kappa shape index (κ1) is 15.7. The minimum atomic E-state index is 0.736. The molecule has 0 fully saturated rings. The highest BCUT2D eigenvalue weighted by atomic mass is 16.5. The molecule has 0 aromatic rings. The van der Waals surface area contributed by atoms with E-state index in [1.54, 1.807) is 0 Å². The van der Waals surface area contributed by atoms with Crippen molar-refractivity contribution in [2.24, 2.45) is 11.8 Å². The molecule has 0 aliphatic heterocycles. The molecule has 18 heavy (non-hydrogen) atoms. The standard InChI is InChI=1S/C16H31NO/c1-3-4-5-8-11-17-12-13-18-14-16-10-7-6-9-15(16)2/h6-7,15-17H,3-5,8-14H2,1-2H3. The average molecular weight is 253 g/mol. The third-order valence-electron chi connectivity index (χ3n) is 3.88. The van der Waals surface area contributed by atoms with E-state index in [1.165, 1.54) is 38.5 Å². The summed E-state index contributed by atoms with van der Waals surface area (Å²) in [5, 5.41) is 3.45. The van der Waals surface area contributed by atoms with Crippen molar-refractivity contribution in [2.45, 2.75) is 52.4 Å². The molecule has 1 rings (SSSR count). The summed E-state index contributed by atoms with van der Waals surface area (Å²) in [6.45, 7) is 8.53. The monoisotopic (exact) mass is 253 g/mol. The zero-order chi connectivity index (χ0) is 13.1. The first-order valence-electron chi connectivity index (χ1n) is 7.78. The van der Waals surface area contributed by atoms with Gasteiger partial charge < -0.3 is 10.1 Å². The van der Waals surface area contributed by atoms with Gasteiger partial charge in [-0.1, -0.05) is 45.3 Å². The Bertz CT molecular complexity index is 215. The van der Waals surface area contributed by atoms with Crippen LogP contribution in [-0.4, -0.2) is 26.3 Å². The predicted molar refractivity (Wildman–Crippen MR) is 78.9 cm³/mol. The van der Waals surface area contributed by atoms with Crippen molar-refractivity contribution in [3.8, 4) is 0 Å². The second-order valence-electron chi connectivity index (χ2n) is 5.57. The molecule has 2 nitrogen and oxygen atoms in total. The van der Waals surface area contributed by atoms with E-state index in [0.717, 1.165) is 38.1 Å². The van der Waals surface area contributed by atoms with Gasteiger partial charge >= 0.3 is 0 Å². The quantitative estimate of drug-likeness (QED) is 0.472. The van der Waals surface area contributed by atoms with Gasteiger partial charge in [-0.15, -0.1) is 0 Å². The minimum Gasteiger partial charge on any atom is -0.380 e. The molecule has 1 N–H and O–H groups in total. The number of unbranched alkanes of at least 4 members (excludes halogenated alkanes) is 3. The largest absolute Gasteiger partial charge is 0.380 e. The number of hydrogen-bond donors (Lipinski definition) is 1. The van der Waals surface area contributed by atoms with Crippen LogP contribution >= 0.6 is 0 Å². The summed E-state index contributed by atoms with van der Waals surface area (Å²) in [5.41, 5.74) is 0. The summed E-state index contributed by atoms with van der Waals surface area (Å²) in [6, 6.07) is 0. The van der Waals surface area contributed by atoms with Crippen LogP contribution in [-0.2, 0) is 4.74 Å². The molecule has 0 bridgehead atoms. The van der Waals surface area contributed by atoms with Crippen LogP contribution < -0.4 is 5.32 Å². The summed E-state index contributed by atoms with van der Waals surface area (Å²) < 4.78 is 5.77. The molecule has 1 aliphatic rings. The van der Waals surface area contributed by atoms with E-state index in [9.17, 15) is 0 Å². The fraction of sp³-hybridized carbons (Fsp3) is 0.875. The Labute approximate surface area is 113 Å². The molecule has 0 radical (unpaired) electrons. The Kier molecular flexibility index (Phi) is 9.23. The summed E-state index contributed by atoms with van der Waals surface area (Å²) in [6.07, 6.45) is 12.4. The fourth-order valence-electron chi connectivity index (χ4n) is 2.42. The Morgan fingerprint density at radius 1 is 1.11 bits per heavy atom. The topological polar surface area (TPSA) is 21.3 Å². The predicted octanol–water partition coefficient (Wildman–Crippen LogP) is 3.78. The Hall–Kier alpha value is -0.340. The molecule has 0 amide bonds. The van der Waals surface area contributed by atoms with Gasteiger partial charge in [0.15, 0.2) is 0 Å². The smallest absolute Gasteiger partial charge is 0.0591 e. The summed E-state index contributed by atoms with van der Waals surface area (Å²) in [7, 11) is 0. The number of ether oxygens (including phenoxy) is 1. The van der Waals surface area contributed by atoms with Gasteiger partial charge in [0.1, 0.15) is 0 Å². The molecular weight excluding hydrogens is 222 g/mol. The van der Waals surface area contributed by atoms with E-state index in [0.29, 0.717) is 0 Å². The number of rotatable bonds is 10. The van der Waals surface area contributed by atoms with Crippen LogP contribution in [0.2, 0.25) is 0 Å². The van der Waals surface area contributed by atoms with Crippen molar-refractivity contribution in [1.82, 2.24) is 5.32 Å². The van der Waals surface area contributed by atoms with E-state index < -0.39 is 0 Å². The van der Waals surface area contributed by atoms with Crippen molar-refractivity contribution in [2.75, 3.05) is 26.3 Å². The fourth-order valence-corrected chi connectivity index (χ4v) is 2.42. The lowest BCUT2D eigenvalue weighted by Gasteiger charge is -2.24. The maximum atomic E-state index is 5.77. The summed E-state index contributed by atoms with van der Waals surface area (Å²) in [5.74, 6) is 1.52. The highest BCUT2D eigenvalue weighted by molar-refractivity contribution is 4.93. The Balaban J connectivity index is 1.85. The molecule has 106 valence electrons. The molecule has 0 heterocycles. The Morgan fingerprint density at radius 3 is 2.72 bits per heavy atom. The molecule has 0 saturated carbocycles. The molecule has 2 unspecified atom stereocenters. The van der Waals surface area contributed by atoms with Gasteiger partial charge in [-0.25, -0.2) is 0 Å². The first-order chi connectivity index (χ1) is 8.84. The van der Waals surface area contributed by atoms with Crippen molar-refractivity contribution in [3.05, 3.63) is 12.2 Å². The zero-order valence-electron chi connectivity index (χ0n) is 12.3. The van der Waals surface area contributed by atoms with Crippen LogP contribution in [0.5, 0.6) is 0 Å². The number of hydrogen-bond acceptors (Lipinski definition) is 2. The van der Waals surface area contributed by atoms with Gasteiger partial charge in [-0.05, 0) is 37.6 Å².